The summed E-state index contributed by atoms with van der Waals surface area (Å²) in [5.74, 6) is 0.681. The lowest BCUT2D eigenvalue weighted by atomic mass is 10.1. The molecule has 1 rings (SSSR count). The van der Waals surface area contributed by atoms with Crippen molar-refractivity contribution in [2.45, 2.75) is 13.8 Å². The second kappa shape index (κ2) is 4.42. The molecule has 1 aromatic carbocycles. The van der Waals surface area contributed by atoms with E-state index in [-0.39, 0.29) is 0 Å². The Morgan fingerprint density at radius 1 is 1.54 bits per heavy atom. The Bertz CT molecular complexity index is 321. The summed E-state index contributed by atoms with van der Waals surface area (Å²) < 4.78 is 6.26. The van der Waals surface area contributed by atoms with Crippen LogP contribution in [0.1, 0.15) is 22.8 Å². The maximum absolute atomic E-state index is 10.7. The van der Waals surface area contributed by atoms with Crippen LogP contribution in [0.2, 0.25) is 0 Å². The largest absolute Gasteiger partial charge is 0.493 e. The Balaban J connectivity index is 3.21. The number of aldehydes is 1. The number of halogens is 1. The molecule has 2 nitrogen and oxygen atoms in total. The molecule has 0 saturated carbocycles. The molecule has 0 unspecified atom stereocenters. The molecule has 0 atom stereocenters. The van der Waals surface area contributed by atoms with Gasteiger partial charge in [0.15, 0.2) is 6.29 Å². The van der Waals surface area contributed by atoms with E-state index in [2.05, 4.69) is 15.9 Å². The summed E-state index contributed by atoms with van der Waals surface area (Å²) in [4.78, 5) is 10.7. The molecule has 0 N–H and O–H groups in total. The topological polar surface area (TPSA) is 26.3 Å². The molecule has 0 fully saturated rings. The van der Waals surface area contributed by atoms with Crippen LogP contribution in [0, 0.1) is 6.92 Å². The first-order valence-electron chi connectivity index (χ1n) is 4.07. The minimum atomic E-state index is 0.573. The lowest BCUT2D eigenvalue weighted by molar-refractivity contribution is 0.111. The van der Waals surface area contributed by atoms with Crippen LogP contribution >= 0.6 is 15.9 Å². The molecule has 0 saturated heterocycles. The zero-order valence-electron chi connectivity index (χ0n) is 7.63. The van der Waals surface area contributed by atoms with Gasteiger partial charge in [0.05, 0.1) is 12.2 Å². The molecule has 1 aromatic rings. The maximum Gasteiger partial charge on any atom is 0.153 e. The van der Waals surface area contributed by atoms with Crippen molar-refractivity contribution >= 4 is 22.2 Å². The number of ether oxygens (including phenoxy) is 1. The number of hydrogen-bond acceptors (Lipinski definition) is 2. The van der Waals surface area contributed by atoms with Gasteiger partial charge in [0, 0.05) is 4.47 Å². The first-order valence-corrected chi connectivity index (χ1v) is 4.86. The first kappa shape index (κ1) is 10.3. The second-order valence-corrected chi connectivity index (χ2v) is 3.61. The fourth-order valence-corrected chi connectivity index (χ4v) is 1.77. The minimum absolute atomic E-state index is 0.573. The molecule has 0 heterocycles. The Hall–Kier alpha value is -0.830. The lowest BCUT2D eigenvalue weighted by Gasteiger charge is -2.09. The fourth-order valence-electron chi connectivity index (χ4n) is 1.18. The van der Waals surface area contributed by atoms with E-state index in [1.54, 1.807) is 6.07 Å². The molecule has 13 heavy (non-hydrogen) atoms. The Kier molecular flexibility index (Phi) is 3.48. The highest BCUT2D eigenvalue weighted by molar-refractivity contribution is 9.10. The summed E-state index contributed by atoms with van der Waals surface area (Å²) in [6.07, 6.45) is 0.808. The summed E-state index contributed by atoms with van der Waals surface area (Å²) in [5, 5.41) is 0. The van der Waals surface area contributed by atoms with Gasteiger partial charge in [-0.3, -0.25) is 4.79 Å². The van der Waals surface area contributed by atoms with Crippen molar-refractivity contribution in [3.05, 3.63) is 27.7 Å². The summed E-state index contributed by atoms with van der Waals surface area (Å²) >= 11 is 3.32. The van der Waals surface area contributed by atoms with E-state index in [0.717, 1.165) is 16.3 Å². The van der Waals surface area contributed by atoms with E-state index in [1.165, 1.54) is 0 Å². The van der Waals surface area contributed by atoms with Gasteiger partial charge in [-0.1, -0.05) is 15.9 Å². The molecular formula is C10H11BrO2. The maximum atomic E-state index is 10.7. The van der Waals surface area contributed by atoms with E-state index >= 15 is 0 Å². The Morgan fingerprint density at radius 3 is 2.77 bits per heavy atom. The van der Waals surface area contributed by atoms with Gasteiger partial charge in [-0.15, -0.1) is 0 Å². The molecule has 0 spiro atoms. The fraction of sp³-hybridized carbons (Fsp3) is 0.300. The van der Waals surface area contributed by atoms with E-state index in [1.807, 2.05) is 19.9 Å². The zero-order valence-corrected chi connectivity index (χ0v) is 9.22. The normalized spacial score (nSPS) is 9.77. The number of rotatable bonds is 3. The van der Waals surface area contributed by atoms with Crippen LogP contribution in [-0.2, 0) is 0 Å². The van der Waals surface area contributed by atoms with Crippen molar-refractivity contribution in [2.24, 2.45) is 0 Å². The second-order valence-electron chi connectivity index (χ2n) is 2.69. The highest BCUT2D eigenvalue weighted by Crippen LogP contribution is 2.26. The highest BCUT2D eigenvalue weighted by Gasteiger charge is 2.07. The average Bonchev–Trinajstić information content (AvgIpc) is 2.09. The van der Waals surface area contributed by atoms with Gasteiger partial charge < -0.3 is 4.74 Å². The van der Waals surface area contributed by atoms with Crippen molar-refractivity contribution in [1.82, 2.24) is 0 Å². The summed E-state index contributed by atoms with van der Waals surface area (Å²) in [5.41, 5.74) is 1.56. The van der Waals surface area contributed by atoms with Crippen LogP contribution in [0.5, 0.6) is 5.75 Å². The average molecular weight is 243 g/mol. The minimum Gasteiger partial charge on any atom is -0.493 e. The molecule has 0 radical (unpaired) electrons. The van der Waals surface area contributed by atoms with Gasteiger partial charge in [0.1, 0.15) is 5.75 Å². The smallest absolute Gasteiger partial charge is 0.153 e. The Morgan fingerprint density at radius 2 is 2.23 bits per heavy atom. The van der Waals surface area contributed by atoms with E-state index in [0.29, 0.717) is 17.9 Å². The number of aryl methyl sites for hydroxylation is 1. The van der Waals surface area contributed by atoms with Crippen LogP contribution in [0.3, 0.4) is 0 Å². The van der Waals surface area contributed by atoms with Gasteiger partial charge in [-0.25, -0.2) is 0 Å². The van der Waals surface area contributed by atoms with E-state index in [4.69, 9.17) is 4.74 Å². The molecule has 0 aromatic heterocycles. The number of carbonyl (C=O) groups excluding carboxylic acids is 1. The first-order chi connectivity index (χ1) is 6.19. The number of hydrogen-bond donors (Lipinski definition) is 0. The predicted octanol–water partition coefficient (Wildman–Crippen LogP) is 2.97. The van der Waals surface area contributed by atoms with Crippen molar-refractivity contribution in [3.8, 4) is 5.75 Å². The van der Waals surface area contributed by atoms with Gasteiger partial charge in [-0.2, -0.15) is 0 Å². The van der Waals surface area contributed by atoms with Gasteiger partial charge in [0.25, 0.3) is 0 Å². The lowest BCUT2D eigenvalue weighted by Crippen LogP contribution is -1.98. The van der Waals surface area contributed by atoms with Crippen molar-refractivity contribution in [3.63, 3.8) is 0 Å². The van der Waals surface area contributed by atoms with Crippen LogP contribution in [0.15, 0.2) is 16.6 Å². The third-order valence-electron chi connectivity index (χ3n) is 1.68. The van der Waals surface area contributed by atoms with E-state index < -0.39 is 0 Å². The molecule has 0 aliphatic heterocycles. The van der Waals surface area contributed by atoms with Crippen molar-refractivity contribution in [2.75, 3.05) is 6.61 Å². The quantitative estimate of drug-likeness (QED) is 0.763. The number of benzene rings is 1. The summed E-state index contributed by atoms with van der Waals surface area (Å²) in [6, 6.07) is 3.68. The molecule has 0 aliphatic rings. The molecular weight excluding hydrogens is 232 g/mol. The predicted molar refractivity (Wildman–Crippen MR) is 55.4 cm³/mol. The van der Waals surface area contributed by atoms with E-state index in [9.17, 15) is 4.79 Å². The monoisotopic (exact) mass is 242 g/mol. The molecule has 0 aliphatic carbocycles. The van der Waals surface area contributed by atoms with Gasteiger partial charge in [-0.05, 0) is 31.5 Å². The Labute approximate surface area is 86.0 Å². The van der Waals surface area contributed by atoms with Gasteiger partial charge in [0.2, 0.25) is 0 Å². The van der Waals surface area contributed by atoms with Gasteiger partial charge >= 0.3 is 0 Å². The zero-order chi connectivity index (χ0) is 9.84. The van der Waals surface area contributed by atoms with Crippen LogP contribution < -0.4 is 4.74 Å². The third-order valence-corrected chi connectivity index (χ3v) is 2.14. The molecule has 0 amide bonds. The highest BCUT2D eigenvalue weighted by atomic mass is 79.9. The van der Waals surface area contributed by atoms with Crippen molar-refractivity contribution < 1.29 is 9.53 Å². The summed E-state index contributed by atoms with van der Waals surface area (Å²) in [7, 11) is 0. The number of carbonyl (C=O) groups is 1. The molecule has 70 valence electrons. The van der Waals surface area contributed by atoms with Crippen LogP contribution in [0.4, 0.5) is 0 Å². The standard InChI is InChI=1S/C10H11BrO2/c1-3-13-10-7(2)4-9(11)5-8(10)6-12/h4-6H,3H2,1-2H3. The van der Waals surface area contributed by atoms with Crippen LogP contribution in [0.25, 0.3) is 0 Å². The van der Waals surface area contributed by atoms with Crippen LogP contribution in [-0.4, -0.2) is 12.9 Å². The summed E-state index contributed by atoms with van der Waals surface area (Å²) in [6.45, 7) is 4.39. The molecule has 3 heteroatoms. The third kappa shape index (κ3) is 2.31. The van der Waals surface area contributed by atoms with Crippen molar-refractivity contribution in [1.29, 1.82) is 0 Å². The molecule has 0 bridgehead atoms. The SMILES string of the molecule is CCOc1c(C)cc(Br)cc1C=O.